The Morgan fingerprint density at radius 1 is 1.45 bits per heavy atom. The summed E-state index contributed by atoms with van der Waals surface area (Å²) >= 11 is 3.45. The highest BCUT2D eigenvalue weighted by Crippen LogP contribution is 2.14. The van der Waals surface area contributed by atoms with Crippen molar-refractivity contribution in [3.05, 3.63) is 22.4 Å². The molecule has 10 heteroatoms. The van der Waals surface area contributed by atoms with Crippen LogP contribution in [0.4, 0.5) is 0 Å². The van der Waals surface area contributed by atoms with E-state index in [9.17, 15) is 8.42 Å². The minimum Gasteiger partial charge on any atom is -0.355 e. The van der Waals surface area contributed by atoms with Crippen LogP contribution in [0.15, 0.2) is 21.7 Å². The number of hydrogen-bond donors (Lipinski definition) is 2. The van der Waals surface area contributed by atoms with Gasteiger partial charge in [0.1, 0.15) is 0 Å². The Morgan fingerprint density at radius 2 is 2.09 bits per heavy atom. The molecule has 0 aliphatic carbocycles. The summed E-state index contributed by atoms with van der Waals surface area (Å²) < 4.78 is 27.5. The fraction of sp³-hybridized carbons (Fsp3) is 0.583. The topological polar surface area (TPSA) is 78.7 Å². The number of halogens is 2. The second-order valence-electron chi connectivity index (χ2n) is 4.76. The van der Waals surface area contributed by atoms with E-state index in [1.54, 1.807) is 7.05 Å². The molecule has 22 heavy (non-hydrogen) atoms. The van der Waals surface area contributed by atoms with E-state index in [4.69, 9.17) is 0 Å². The summed E-state index contributed by atoms with van der Waals surface area (Å²) in [5, 5.41) is 3.12. The first-order valence-electron chi connectivity index (χ1n) is 6.40. The lowest BCUT2D eigenvalue weighted by Crippen LogP contribution is -2.42. The van der Waals surface area contributed by atoms with Gasteiger partial charge < -0.3 is 14.8 Å². The Bertz CT molecular complexity index is 603. The van der Waals surface area contributed by atoms with Crippen molar-refractivity contribution in [2.24, 2.45) is 12.0 Å². The average molecular weight is 508 g/mol. The number of sulfonamides is 1. The zero-order valence-corrected chi connectivity index (χ0v) is 17.9. The van der Waals surface area contributed by atoms with Crippen LogP contribution < -0.4 is 10.0 Å². The predicted molar refractivity (Wildman–Crippen MR) is 104 cm³/mol. The monoisotopic (exact) mass is 507 g/mol. The first kappa shape index (κ1) is 21.7. The van der Waals surface area contributed by atoms with Crippen LogP contribution in [0, 0.1) is 0 Å². The second-order valence-corrected chi connectivity index (χ2v) is 7.51. The maximum absolute atomic E-state index is 11.0. The Morgan fingerprint density at radius 3 is 2.55 bits per heavy atom. The van der Waals surface area contributed by atoms with Gasteiger partial charge >= 0.3 is 0 Å². The van der Waals surface area contributed by atoms with Gasteiger partial charge in [0.2, 0.25) is 10.0 Å². The molecule has 0 bridgehead atoms. The largest absolute Gasteiger partial charge is 0.355 e. The summed E-state index contributed by atoms with van der Waals surface area (Å²) in [6, 6.07) is 2.05. The summed E-state index contributed by atoms with van der Waals surface area (Å²) in [6.07, 6.45) is 3.14. The van der Waals surface area contributed by atoms with Crippen LogP contribution >= 0.6 is 39.9 Å². The number of rotatable bonds is 6. The van der Waals surface area contributed by atoms with Crippen molar-refractivity contribution in [2.45, 2.75) is 6.54 Å². The van der Waals surface area contributed by atoms with Crippen LogP contribution in [0.1, 0.15) is 5.69 Å². The highest BCUT2D eigenvalue weighted by molar-refractivity contribution is 14.0. The van der Waals surface area contributed by atoms with E-state index in [0.29, 0.717) is 25.6 Å². The van der Waals surface area contributed by atoms with E-state index in [-0.39, 0.29) is 24.0 Å². The van der Waals surface area contributed by atoms with Gasteiger partial charge in [-0.3, -0.25) is 4.99 Å². The zero-order chi connectivity index (χ0) is 16.0. The van der Waals surface area contributed by atoms with Crippen LogP contribution in [0.3, 0.4) is 0 Å². The van der Waals surface area contributed by atoms with Gasteiger partial charge in [-0.05, 0) is 22.0 Å². The summed E-state index contributed by atoms with van der Waals surface area (Å²) in [4.78, 5) is 6.16. The molecule has 0 atom stereocenters. The molecule has 2 N–H and O–H groups in total. The van der Waals surface area contributed by atoms with Gasteiger partial charge in [-0.15, -0.1) is 24.0 Å². The van der Waals surface area contributed by atoms with Crippen LogP contribution in [0.2, 0.25) is 0 Å². The smallest absolute Gasteiger partial charge is 0.208 e. The molecule has 0 aromatic carbocycles. The van der Waals surface area contributed by atoms with Crippen molar-refractivity contribution in [3.8, 4) is 0 Å². The molecule has 0 fully saturated rings. The predicted octanol–water partition coefficient (Wildman–Crippen LogP) is 0.962. The van der Waals surface area contributed by atoms with E-state index in [0.717, 1.165) is 16.4 Å². The Hall–Kier alpha value is -0.330. The number of guanidine groups is 1. The Kier molecular flexibility index (Phi) is 9.58. The first-order chi connectivity index (χ1) is 9.73. The van der Waals surface area contributed by atoms with Crippen molar-refractivity contribution in [3.63, 3.8) is 0 Å². The van der Waals surface area contributed by atoms with E-state index in [1.165, 1.54) is 0 Å². The van der Waals surface area contributed by atoms with Crippen LogP contribution in [0.5, 0.6) is 0 Å². The van der Waals surface area contributed by atoms with E-state index < -0.39 is 10.0 Å². The number of nitrogens with one attached hydrogen (secondary N) is 2. The van der Waals surface area contributed by atoms with Gasteiger partial charge in [0.05, 0.1) is 12.8 Å². The number of aryl methyl sites for hydroxylation is 1. The van der Waals surface area contributed by atoms with Crippen LogP contribution in [0.25, 0.3) is 0 Å². The third kappa shape index (κ3) is 7.79. The lowest BCUT2D eigenvalue weighted by atomic mass is 10.4. The normalized spacial score (nSPS) is 12.0. The quantitative estimate of drug-likeness (QED) is 0.260. The molecule has 128 valence electrons. The molecule has 0 saturated heterocycles. The molecule has 1 rings (SSSR count). The highest BCUT2D eigenvalue weighted by Gasteiger charge is 2.09. The summed E-state index contributed by atoms with van der Waals surface area (Å²) in [5.41, 5.74) is 1.14. The molecule has 0 spiro atoms. The molecule has 1 aromatic rings. The lowest BCUT2D eigenvalue weighted by molar-refractivity contribution is 0.462. The third-order valence-corrected chi connectivity index (χ3v) is 3.98. The molecule has 0 unspecified atom stereocenters. The molecule has 0 amide bonds. The van der Waals surface area contributed by atoms with Crippen molar-refractivity contribution in [2.75, 3.05) is 33.4 Å². The average Bonchev–Trinajstić information content (AvgIpc) is 2.66. The molecular formula is C12H23BrIN5O2S. The van der Waals surface area contributed by atoms with Gasteiger partial charge in [0.15, 0.2) is 5.96 Å². The number of hydrogen-bond acceptors (Lipinski definition) is 3. The summed E-state index contributed by atoms with van der Waals surface area (Å²) in [6.45, 7) is 1.49. The van der Waals surface area contributed by atoms with Gasteiger partial charge in [-0.1, -0.05) is 0 Å². The molecule has 1 aromatic heterocycles. The first-order valence-corrected chi connectivity index (χ1v) is 9.08. The maximum Gasteiger partial charge on any atom is 0.208 e. The Labute approximate surface area is 157 Å². The fourth-order valence-corrected chi connectivity index (χ4v) is 2.88. The molecule has 0 aliphatic heterocycles. The number of aliphatic imine (C=N–C) groups is 1. The minimum atomic E-state index is -3.15. The molecule has 1 heterocycles. The number of nitrogens with zero attached hydrogens (tertiary/aromatic N) is 3. The van der Waals surface area contributed by atoms with Crippen LogP contribution in [-0.2, 0) is 23.6 Å². The van der Waals surface area contributed by atoms with Gasteiger partial charge in [-0.25, -0.2) is 13.1 Å². The van der Waals surface area contributed by atoms with Gasteiger partial charge in [0, 0.05) is 50.6 Å². The second kappa shape index (κ2) is 9.73. The van der Waals surface area contributed by atoms with Gasteiger partial charge in [0.25, 0.3) is 0 Å². The lowest BCUT2D eigenvalue weighted by Gasteiger charge is -2.22. The molecular weight excluding hydrogens is 485 g/mol. The molecule has 0 saturated carbocycles. The zero-order valence-electron chi connectivity index (χ0n) is 13.1. The third-order valence-electron chi connectivity index (χ3n) is 2.82. The SMILES string of the molecule is CN=C(NCCNS(C)(=O)=O)N(C)Cc1cc(Br)cn1C.I. The van der Waals surface area contributed by atoms with E-state index in [1.807, 2.05) is 29.8 Å². The molecule has 7 nitrogen and oxygen atoms in total. The van der Waals surface area contributed by atoms with E-state index in [2.05, 4.69) is 37.0 Å². The van der Waals surface area contributed by atoms with Crippen molar-refractivity contribution < 1.29 is 8.42 Å². The number of aromatic nitrogens is 1. The molecule has 0 aliphatic rings. The maximum atomic E-state index is 11.0. The van der Waals surface area contributed by atoms with Crippen molar-refractivity contribution >= 4 is 55.9 Å². The standard InChI is InChI=1S/C12H22BrN5O2S.HI/c1-14-12(15-5-6-16-21(4,19)20)18(3)9-11-7-10(13)8-17(11)2;/h7-8,16H,5-6,9H2,1-4H3,(H,14,15);1H. The van der Waals surface area contributed by atoms with Crippen LogP contribution in [-0.4, -0.2) is 57.3 Å². The van der Waals surface area contributed by atoms with Crippen molar-refractivity contribution in [1.29, 1.82) is 0 Å². The van der Waals surface area contributed by atoms with Gasteiger partial charge in [-0.2, -0.15) is 0 Å². The van der Waals surface area contributed by atoms with Crippen molar-refractivity contribution in [1.82, 2.24) is 19.5 Å². The Balaban J connectivity index is 0.00000441. The summed E-state index contributed by atoms with van der Waals surface area (Å²) in [5.74, 6) is 0.711. The minimum absolute atomic E-state index is 0. The fourth-order valence-electron chi connectivity index (χ4n) is 1.84. The molecule has 0 radical (unpaired) electrons. The van der Waals surface area contributed by atoms with E-state index >= 15 is 0 Å². The highest BCUT2D eigenvalue weighted by atomic mass is 127. The summed E-state index contributed by atoms with van der Waals surface area (Å²) in [7, 11) is 2.46.